The molecule has 4 rings (SSSR count). The Labute approximate surface area is 177 Å². The van der Waals surface area contributed by atoms with Gasteiger partial charge in [-0.2, -0.15) is 0 Å². The molecular weight excluding hydrogens is 404 g/mol. The quantitative estimate of drug-likeness (QED) is 0.490. The Hall–Kier alpha value is -3.51. The van der Waals surface area contributed by atoms with Gasteiger partial charge in [0.1, 0.15) is 0 Å². The first kappa shape index (κ1) is 19.8. The maximum absolute atomic E-state index is 13.5. The Balaban J connectivity index is 2.09. The molecule has 0 saturated heterocycles. The summed E-state index contributed by atoms with van der Waals surface area (Å²) in [6, 6.07) is 19.3. The Kier molecular flexibility index (Phi) is 5.33. The Morgan fingerprint density at radius 2 is 1.57 bits per heavy atom. The maximum Gasteiger partial charge on any atom is 0.336 e. The number of halogens is 1. The minimum Gasteiger partial charge on any atom is -0.493 e. The molecule has 0 saturated carbocycles. The lowest BCUT2D eigenvalue weighted by molar-refractivity contribution is 0.355. The molecule has 30 heavy (non-hydrogen) atoms. The van der Waals surface area contributed by atoms with E-state index in [1.165, 1.54) is 23.4 Å². The van der Waals surface area contributed by atoms with Crippen LogP contribution in [0.4, 0.5) is 0 Å². The van der Waals surface area contributed by atoms with Crippen LogP contribution in [0, 0.1) is 0 Å². The van der Waals surface area contributed by atoms with Gasteiger partial charge in [-0.1, -0.05) is 41.9 Å². The van der Waals surface area contributed by atoms with Gasteiger partial charge in [0.15, 0.2) is 11.5 Å². The van der Waals surface area contributed by atoms with Crippen LogP contribution in [0.15, 0.2) is 76.3 Å². The predicted molar refractivity (Wildman–Crippen MR) is 117 cm³/mol. The molecule has 0 spiro atoms. The normalized spacial score (nSPS) is 10.9. The van der Waals surface area contributed by atoms with E-state index in [0.717, 1.165) is 5.56 Å². The first-order chi connectivity index (χ1) is 14.5. The second-order valence-electron chi connectivity index (χ2n) is 6.70. The zero-order chi connectivity index (χ0) is 21.3. The molecule has 7 heteroatoms. The second kappa shape index (κ2) is 8.08. The van der Waals surface area contributed by atoms with Crippen molar-refractivity contribution in [2.75, 3.05) is 14.2 Å². The van der Waals surface area contributed by atoms with Crippen molar-refractivity contribution in [3.8, 4) is 17.2 Å². The molecule has 0 aliphatic carbocycles. The van der Waals surface area contributed by atoms with E-state index in [0.29, 0.717) is 33.1 Å². The molecule has 4 aromatic rings. The summed E-state index contributed by atoms with van der Waals surface area (Å²) < 4.78 is 13.5. The standard InChI is InChI=1S/C23H19ClN2O4/c1-29-20-12-18-19(13-21(20)30-2)25(14-15-7-6-8-16(24)11-15)23(28)26(22(18)27)17-9-4-3-5-10-17/h3-13H,14H2,1-2H3. The Morgan fingerprint density at radius 1 is 0.867 bits per heavy atom. The minimum absolute atomic E-state index is 0.235. The van der Waals surface area contributed by atoms with Gasteiger partial charge < -0.3 is 9.47 Å². The summed E-state index contributed by atoms with van der Waals surface area (Å²) in [4.78, 5) is 26.8. The number of nitrogens with zero attached hydrogens (tertiary/aromatic N) is 2. The molecule has 152 valence electrons. The van der Waals surface area contributed by atoms with Crippen LogP contribution in [0.2, 0.25) is 5.02 Å². The first-order valence-electron chi connectivity index (χ1n) is 9.25. The maximum atomic E-state index is 13.5. The van der Waals surface area contributed by atoms with Crippen LogP contribution in [0.5, 0.6) is 11.5 Å². The van der Waals surface area contributed by atoms with E-state index in [1.54, 1.807) is 48.5 Å². The van der Waals surface area contributed by atoms with E-state index in [2.05, 4.69) is 0 Å². The lowest BCUT2D eigenvalue weighted by atomic mass is 10.1. The average Bonchev–Trinajstić information content (AvgIpc) is 2.76. The van der Waals surface area contributed by atoms with Crippen molar-refractivity contribution < 1.29 is 9.47 Å². The highest BCUT2D eigenvalue weighted by molar-refractivity contribution is 6.30. The molecule has 1 heterocycles. The predicted octanol–water partition coefficient (Wildman–Crippen LogP) is 3.87. The fraction of sp³-hybridized carbons (Fsp3) is 0.130. The van der Waals surface area contributed by atoms with Crippen LogP contribution >= 0.6 is 11.6 Å². The molecule has 0 bridgehead atoms. The van der Waals surface area contributed by atoms with Crippen molar-refractivity contribution in [3.05, 3.63) is 98.2 Å². The highest BCUT2D eigenvalue weighted by atomic mass is 35.5. The summed E-state index contributed by atoms with van der Waals surface area (Å²) in [5, 5.41) is 0.915. The Bertz CT molecular complexity index is 1340. The fourth-order valence-corrected chi connectivity index (χ4v) is 3.68. The van der Waals surface area contributed by atoms with Gasteiger partial charge in [0.05, 0.1) is 37.4 Å². The highest BCUT2D eigenvalue weighted by Crippen LogP contribution is 2.30. The van der Waals surface area contributed by atoms with E-state index in [4.69, 9.17) is 21.1 Å². The van der Waals surface area contributed by atoms with Crippen molar-refractivity contribution >= 4 is 22.5 Å². The number of hydrogen-bond acceptors (Lipinski definition) is 4. The third-order valence-corrected chi connectivity index (χ3v) is 5.13. The molecular formula is C23H19ClN2O4. The van der Waals surface area contributed by atoms with Gasteiger partial charge in [-0.25, -0.2) is 9.36 Å². The molecule has 0 radical (unpaired) electrons. The third kappa shape index (κ3) is 3.46. The molecule has 0 atom stereocenters. The molecule has 0 aliphatic rings. The zero-order valence-electron chi connectivity index (χ0n) is 16.5. The summed E-state index contributed by atoms with van der Waals surface area (Å²) in [7, 11) is 3.01. The minimum atomic E-state index is -0.453. The lowest BCUT2D eigenvalue weighted by Gasteiger charge is -2.16. The molecule has 0 fully saturated rings. The van der Waals surface area contributed by atoms with Crippen molar-refractivity contribution in [3.63, 3.8) is 0 Å². The largest absolute Gasteiger partial charge is 0.493 e. The summed E-state index contributed by atoms with van der Waals surface area (Å²) in [6.07, 6.45) is 0. The second-order valence-corrected chi connectivity index (χ2v) is 7.14. The number of ether oxygens (including phenoxy) is 2. The summed E-state index contributed by atoms with van der Waals surface area (Å²) in [5.41, 5.74) is 0.896. The van der Waals surface area contributed by atoms with E-state index in [1.807, 2.05) is 18.2 Å². The highest BCUT2D eigenvalue weighted by Gasteiger charge is 2.18. The number of para-hydroxylation sites is 1. The van der Waals surface area contributed by atoms with Gasteiger partial charge in [0, 0.05) is 11.1 Å². The van der Waals surface area contributed by atoms with Gasteiger partial charge >= 0.3 is 5.69 Å². The zero-order valence-corrected chi connectivity index (χ0v) is 17.2. The van der Waals surface area contributed by atoms with Gasteiger partial charge in [0.25, 0.3) is 5.56 Å². The number of aromatic nitrogens is 2. The van der Waals surface area contributed by atoms with Crippen LogP contribution in [0.25, 0.3) is 16.6 Å². The van der Waals surface area contributed by atoms with Crippen molar-refractivity contribution in [1.82, 2.24) is 9.13 Å². The van der Waals surface area contributed by atoms with E-state index >= 15 is 0 Å². The van der Waals surface area contributed by atoms with Crippen LogP contribution in [0.1, 0.15) is 5.56 Å². The van der Waals surface area contributed by atoms with Crippen molar-refractivity contribution in [2.24, 2.45) is 0 Å². The number of benzene rings is 3. The van der Waals surface area contributed by atoms with Gasteiger partial charge in [-0.15, -0.1) is 0 Å². The molecule has 6 nitrogen and oxygen atoms in total. The topological polar surface area (TPSA) is 62.5 Å². The number of hydrogen-bond donors (Lipinski definition) is 0. The van der Waals surface area contributed by atoms with Crippen LogP contribution < -0.4 is 20.7 Å². The molecule has 1 aromatic heterocycles. The molecule has 3 aromatic carbocycles. The van der Waals surface area contributed by atoms with Crippen LogP contribution in [-0.4, -0.2) is 23.4 Å². The van der Waals surface area contributed by atoms with Gasteiger partial charge in [0.2, 0.25) is 0 Å². The van der Waals surface area contributed by atoms with Crippen molar-refractivity contribution in [1.29, 1.82) is 0 Å². The fourth-order valence-electron chi connectivity index (χ4n) is 3.47. The summed E-state index contributed by atoms with van der Waals surface area (Å²) in [5.74, 6) is 0.843. The molecule has 0 amide bonds. The molecule has 0 N–H and O–H groups in total. The first-order valence-corrected chi connectivity index (χ1v) is 9.62. The van der Waals surface area contributed by atoms with E-state index in [-0.39, 0.29) is 6.54 Å². The number of rotatable bonds is 5. The van der Waals surface area contributed by atoms with Gasteiger partial charge in [-0.05, 0) is 35.9 Å². The van der Waals surface area contributed by atoms with E-state index in [9.17, 15) is 9.59 Å². The van der Waals surface area contributed by atoms with E-state index < -0.39 is 11.2 Å². The summed E-state index contributed by atoms with van der Waals surface area (Å²) in [6.45, 7) is 0.235. The number of methoxy groups -OCH3 is 2. The monoisotopic (exact) mass is 422 g/mol. The molecule has 0 aliphatic heterocycles. The number of fused-ring (bicyclic) bond motifs is 1. The average molecular weight is 423 g/mol. The van der Waals surface area contributed by atoms with Gasteiger partial charge in [-0.3, -0.25) is 9.36 Å². The Morgan fingerprint density at radius 3 is 2.23 bits per heavy atom. The molecule has 0 unspecified atom stereocenters. The summed E-state index contributed by atoms with van der Waals surface area (Å²) >= 11 is 6.13. The SMILES string of the molecule is COc1cc2c(=O)n(-c3ccccc3)c(=O)n(Cc3cccc(Cl)c3)c2cc1OC. The van der Waals surface area contributed by atoms with Crippen LogP contribution in [-0.2, 0) is 6.54 Å². The van der Waals surface area contributed by atoms with Crippen LogP contribution in [0.3, 0.4) is 0 Å². The van der Waals surface area contributed by atoms with Crippen molar-refractivity contribution in [2.45, 2.75) is 6.54 Å². The lowest BCUT2D eigenvalue weighted by Crippen LogP contribution is -2.39. The third-order valence-electron chi connectivity index (χ3n) is 4.89. The smallest absolute Gasteiger partial charge is 0.336 e.